The zero-order valence-corrected chi connectivity index (χ0v) is 11.3. The van der Waals surface area contributed by atoms with Crippen LogP contribution in [0.4, 0.5) is 0 Å². The maximum Gasteiger partial charge on any atom is 0.330 e. The van der Waals surface area contributed by atoms with E-state index in [2.05, 4.69) is 0 Å². The molecular weight excluding hydrogens is 236 g/mol. The lowest BCUT2D eigenvalue weighted by Crippen LogP contribution is -2.04. The summed E-state index contributed by atoms with van der Waals surface area (Å²) in [6, 6.07) is 0. The Morgan fingerprint density at radius 2 is 1.56 bits per heavy atom. The minimum absolute atomic E-state index is 0.289. The number of hydrogen-bond acceptors (Lipinski definition) is 3. The molecular formula is C13H22O5. The van der Waals surface area contributed by atoms with Crippen LogP contribution in [0.15, 0.2) is 23.3 Å². The van der Waals surface area contributed by atoms with Crippen molar-refractivity contribution >= 4 is 11.9 Å². The highest BCUT2D eigenvalue weighted by Gasteiger charge is 2.01. The minimum Gasteiger partial charge on any atom is -0.478 e. The summed E-state index contributed by atoms with van der Waals surface area (Å²) in [5.74, 6) is -1.77. The number of aliphatic carboxylic acids is 2. The fourth-order valence-corrected chi connectivity index (χ4v) is 0.690. The normalized spacial score (nSPS) is 13.4. The van der Waals surface area contributed by atoms with Crippen LogP contribution in [0.3, 0.4) is 0 Å². The Labute approximate surface area is 107 Å². The van der Waals surface area contributed by atoms with Gasteiger partial charge in [-0.25, -0.2) is 9.59 Å². The highest BCUT2D eigenvalue weighted by molar-refractivity contribution is 5.86. The summed E-state index contributed by atoms with van der Waals surface area (Å²) in [6.45, 7) is 6.63. The molecule has 0 saturated heterocycles. The molecule has 0 aromatic rings. The fraction of sp³-hybridized carbons (Fsp3) is 0.538. The lowest BCUT2D eigenvalue weighted by Gasteiger charge is -2.02. The van der Waals surface area contributed by atoms with Gasteiger partial charge in [0.1, 0.15) is 0 Å². The van der Waals surface area contributed by atoms with Crippen molar-refractivity contribution in [2.45, 2.75) is 46.6 Å². The molecule has 0 aliphatic carbocycles. The van der Waals surface area contributed by atoms with Crippen LogP contribution >= 0.6 is 0 Å². The number of aliphatic hydroxyl groups excluding tert-OH is 1. The first-order chi connectivity index (χ1) is 8.26. The molecule has 0 fully saturated rings. The van der Waals surface area contributed by atoms with Crippen LogP contribution in [0.25, 0.3) is 0 Å². The van der Waals surface area contributed by atoms with Gasteiger partial charge in [0.25, 0.3) is 0 Å². The SMILES string of the molecule is C/C=C(\C)C(=O)O.CCC(O)C/C=C(\C)C(=O)O. The van der Waals surface area contributed by atoms with Crippen molar-refractivity contribution in [3.63, 3.8) is 0 Å². The first-order valence-electron chi connectivity index (χ1n) is 5.70. The smallest absolute Gasteiger partial charge is 0.330 e. The van der Waals surface area contributed by atoms with Gasteiger partial charge in [0.05, 0.1) is 6.10 Å². The van der Waals surface area contributed by atoms with Crippen LogP contribution in [0.2, 0.25) is 0 Å². The van der Waals surface area contributed by atoms with Crippen molar-refractivity contribution in [3.05, 3.63) is 23.3 Å². The van der Waals surface area contributed by atoms with Crippen molar-refractivity contribution in [1.29, 1.82) is 0 Å². The average Bonchev–Trinajstić information content (AvgIpc) is 2.34. The standard InChI is InChI=1S/C8H14O3.C5H8O2/c1-3-7(9)5-4-6(2)8(10)11;1-3-4(2)5(6)7/h4,7,9H,3,5H2,1-2H3,(H,10,11);3H,1-2H3,(H,6,7)/b6-4+;4-3+. The maximum absolute atomic E-state index is 10.3. The van der Waals surface area contributed by atoms with E-state index in [0.29, 0.717) is 18.4 Å². The second kappa shape index (κ2) is 10.5. The van der Waals surface area contributed by atoms with E-state index < -0.39 is 18.0 Å². The maximum atomic E-state index is 10.3. The monoisotopic (exact) mass is 258 g/mol. The van der Waals surface area contributed by atoms with E-state index in [9.17, 15) is 9.59 Å². The van der Waals surface area contributed by atoms with Crippen molar-refractivity contribution in [2.75, 3.05) is 0 Å². The van der Waals surface area contributed by atoms with Crippen LogP contribution < -0.4 is 0 Å². The van der Waals surface area contributed by atoms with Crippen LogP contribution in [-0.4, -0.2) is 33.4 Å². The first-order valence-corrected chi connectivity index (χ1v) is 5.70. The molecule has 0 radical (unpaired) electrons. The Bertz CT molecular complexity index is 328. The van der Waals surface area contributed by atoms with E-state index >= 15 is 0 Å². The highest BCUT2D eigenvalue weighted by Crippen LogP contribution is 2.01. The van der Waals surface area contributed by atoms with E-state index in [1.807, 2.05) is 6.92 Å². The summed E-state index contributed by atoms with van der Waals surface area (Å²) in [4.78, 5) is 20.1. The molecule has 3 N–H and O–H groups in total. The Balaban J connectivity index is 0. The van der Waals surface area contributed by atoms with Gasteiger partial charge in [0, 0.05) is 11.1 Å². The third-order valence-electron chi connectivity index (χ3n) is 2.28. The van der Waals surface area contributed by atoms with Gasteiger partial charge < -0.3 is 15.3 Å². The molecule has 0 aliphatic heterocycles. The van der Waals surface area contributed by atoms with Crippen LogP contribution in [0, 0.1) is 0 Å². The van der Waals surface area contributed by atoms with Crippen LogP contribution in [0.1, 0.15) is 40.5 Å². The van der Waals surface area contributed by atoms with Crippen LogP contribution in [0.5, 0.6) is 0 Å². The van der Waals surface area contributed by atoms with Crippen molar-refractivity contribution in [2.24, 2.45) is 0 Å². The van der Waals surface area contributed by atoms with E-state index in [0.717, 1.165) is 0 Å². The largest absolute Gasteiger partial charge is 0.478 e. The number of allylic oxidation sites excluding steroid dienone is 1. The molecule has 0 bridgehead atoms. The molecule has 0 amide bonds. The summed E-state index contributed by atoms with van der Waals surface area (Å²) in [5.41, 5.74) is 0.678. The summed E-state index contributed by atoms with van der Waals surface area (Å²) < 4.78 is 0. The Morgan fingerprint density at radius 3 is 1.78 bits per heavy atom. The van der Waals surface area contributed by atoms with Crippen LogP contribution in [-0.2, 0) is 9.59 Å². The summed E-state index contributed by atoms with van der Waals surface area (Å²) in [5, 5.41) is 25.6. The number of carbonyl (C=O) groups is 2. The predicted molar refractivity (Wildman–Crippen MR) is 69.4 cm³/mol. The molecule has 1 atom stereocenters. The van der Waals surface area contributed by atoms with Gasteiger partial charge in [-0.1, -0.05) is 19.1 Å². The molecule has 5 heteroatoms. The minimum atomic E-state index is -0.923. The zero-order chi connectivity index (χ0) is 14.7. The number of carboxylic acid groups (broad SMARTS) is 2. The highest BCUT2D eigenvalue weighted by atomic mass is 16.4. The molecule has 104 valence electrons. The predicted octanol–water partition coefficient (Wildman–Crippen LogP) is 2.22. The second-order valence-corrected chi connectivity index (χ2v) is 3.77. The lowest BCUT2D eigenvalue weighted by molar-refractivity contribution is -0.133. The van der Waals surface area contributed by atoms with Gasteiger partial charge >= 0.3 is 11.9 Å². The average molecular weight is 258 g/mol. The fourth-order valence-electron chi connectivity index (χ4n) is 0.690. The van der Waals surface area contributed by atoms with E-state index in [4.69, 9.17) is 15.3 Å². The van der Waals surface area contributed by atoms with E-state index in [-0.39, 0.29) is 5.57 Å². The lowest BCUT2D eigenvalue weighted by atomic mass is 10.1. The van der Waals surface area contributed by atoms with Gasteiger partial charge in [-0.05, 0) is 33.6 Å². The zero-order valence-electron chi connectivity index (χ0n) is 11.3. The first kappa shape index (κ1) is 18.7. The molecule has 5 nitrogen and oxygen atoms in total. The quantitative estimate of drug-likeness (QED) is 0.657. The van der Waals surface area contributed by atoms with E-state index in [1.54, 1.807) is 19.9 Å². The molecule has 0 aromatic heterocycles. The molecule has 18 heavy (non-hydrogen) atoms. The number of aliphatic hydroxyl groups is 1. The topological polar surface area (TPSA) is 94.8 Å². The van der Waals surface area contributed by atoms with Gasteiger partial charge in [0.2, 0.25) is 0 Å². The van der Waals surface area contributed by atoms with Gasteiger partial charge in [-0.15, -0.1) is 0 Å². The molecule has 1 unspecified atom stereocenters. The van der Waals surface area contributed by atoms with Crippen molar-refractivity contribution < 1.29 is 24.9 Å². The molecule has 0 rings (SSSR count). The molecule has 0 spiro atoms. The third kappa shape index (κ3) is 10.9. The van der Waals surface area contributed by atoms with Gasteiger partial charge in [0.15, 0.2) is 0 Å². The van der Waals surface area contributed by atoms with E-state index in [1.165, 1.54) is 13.0 Å². The Kier molecular flexibility index (Phi) is 11.0. The Morgan fingerprint density at radius 1 is 1.11 bits per heavy atom. The van der Waals surface area contributed by atoms with Gasteiger partial charge in [-0.3, -0.25) is 0 Å². The molecule has 0 aliphatic rings. The summed E-state index contributed by atoms with van der Waals surface area (Å²) >= 11 is 0. The number of hydrogen-bond donors (Lipinski definition) is 3. The Hall–Kier alpha value is -1.62. The summed E-state index contributed by atoms with van der Waals surface area (Å²) in [7, 11) is 0. The van der Waals surface area contributed by atoms with Crippen molar-refractivity contribution in [3.8, 4) is 0 Å². The summed E-state index contributed by atoms with van der Waals surface area (Å²) in [6.07, 6.45) is 3.76. The number of carboxylic acids is 2. The molecule has 0 saturated carbocycles. The number of rotatable bonds is 5. The molecule has 0 aromatic carbocycles. The third-order valence-corrected chi connectivity index (χ3v) is 2.28. The van der Waals surface area contributed by atoms with Crippen molar-refractivity contribution in [1.82, 2.24) is 0 Å². The van der Waals surface area contributed by atoms with Gasteiger partial charge in [-0.2, -0.15) is 0 Å². The molecule has 0 heterocycles. The second-order valence-electron chi connectivity index (χ2n) is 3.77.